The minimum atomic E-state index is -4.60. The molecule has 1 saturated heterocycles. The van der Waals surface area contributed by atoms with Crippen molar-refractivity contribution in [3.8, 4) is 0 Å². The average molecular weight is 285 g/mol. The van der Waals surface area contributed by atoms with Crippen molar-refractivity contribution in [3.05, 3.63) is 0 Å². The highest BCUT2D eigenvalue weighted by Gasteiger charge is 2.38. The summed E-state index contributed by atoms with van der Waals surface area (Å²) in [6.45, 7) is 0.0768. The predicted octanol–water partition coefficient (Wildman–Crippen LogP) is 0.970. The van der Waals surface area contributed by atoms with Crippen molar-refractivity contribution < 1.29 is 18.3 Å². The number of nitrogens with one attached hydrogen (secondary N) is 2. The van der Waals surface area contributed by atoms with Crippen molar-refractivity contribution in [2.45, 2.75) is 30.4 Å². The Morgan fingerprint density at radius 3 is 2.72 bits per heavy atom. The first kappa shape index (κ1) is 15.4. The monoisotopic (exact) mass is 285 g/mol. The van der Waals surface area contributed by atoms with Gasteiger partial charge in [-0.15, -0.1) is 0 Å². The smallest absolute Gasteiger partial charge is 0.382 e. The molecule has 1 aliphatic rings. The van der Waals surface area contributed by atoms with Crippen molar-refractivity contribution in [1.82, 2.24) is 10.6 Å². The summed E-state index contributed by atoms with van der Waals surface area (Å²) >= 11 is 1.85. The molecule has 0 aromatic rings. The maximum absolute atomic E-state index is 12.1. The molecule has 2 atom stereocenters. The number of rotatable bonds is 4. The molecule has 0 radical (unpaired) electrons. The fourth-order valence-electron chi connectivity index (χ4n) is 1.55. The van der Waals surface area contributed by atoms with Crippen LogP contribution in [0, 0.1) is 0 Å². The Kier molecular flexibility index (Phi) is 6.07. The van der Waals surface area contributed by atoms with E-state index in [-0.39, 0.29) is 5.96 Å². The van der Waals surface area contributed by atoms with Gasteiger partial charge in [0.15, 0.2) is 12.1 Å². The fourth-order valence-corrected chi connectivity index (χ4v) is 2.75. The quantitative estimate of drug-likeness (QED) is 0.532. The third kappa shape index (κ3) is 5.34. The number of hydrogen-bond donors (Lipinski definition) is 3. The van der Waals surface area contributed by atoms with Gasteiger partial charge in [0.1, 0.15) is 0 Å². The van der Waals surface area contributed by atoms with Gasteiger partial charge in [-0.3, -0.25) is 4.99 Å². The molecule has 2 unspecified atom stereocenters. The van der Waals surface area contributed by atoms with E-state index in [0.717, 1.165) is 12.2 Å². The van der Waals surface area contributed by atoms with Crippen LogP contribution >= 0.6 is 11.8 Å². The summed E-state index contributed by atoms with van der Waals surface area (Å²) in [7, 11) is 1.48. The number of alkyl halides is 3. The summed E-state index contributed by atoms with van der Waals surface area (Å²) in [4.78, 5) is 3.81. The van der Waals surface area contributed by atoms with Gasteiger partial charge in [0.25, 0.3) is 0 Å². The normalized spacial score (nSPS) is 22.9. The average Bonchev–Trinajstić information content (AvgIpc) is 2.80. The minimum absolute atomic E-state index is 0.283. The highest BCUT2D eigenvalue weighted by atomic mass is 32.2. The first-order chi connectivity index (χ1) is 8.43. The zero-order valence-corrected chi connectivity index (χ0v) is 10.9. The van der Waals surface area contributed by atoms with E-state index in [1.54, 1.807) is 0 Å². The van der Waals surface area contributed by atoms with Gasteiger partial charge in [0.05, 0.1) is 6.54 Å². The van der Waals surface area contributed by atoms with E-state index in [4.69, 9.17) is 5.11 Å². The second-order valence-electron chi connectivity index (χ2n) is 4.03. The number of thioether (sulfide) groups is 1. The first-order valence-corrected chi connectivity index (χ1v) is 6.79. The van der Waals surface area contributed by atoms with Crippen molar-refractivity contribution in [3.63, 3.8) is 0 Å². The Balaban J connectivity index is 2.25. The Bertz CT molecular complexity index is 280. The molecule has 1 rings (SSSR count). The molecule has 0 spiro atoms. The van der Waals surface area contributed by atoms with Crippen LogP contribution < -0.4 is 10.6 Å². The standard InChI is InChI=1S/C10H18F3N3OS/c1-14-9(15-5-7-3-2-4-18-7)16-6-8(17)10(11,12)13/h7-8,17H,2-6H2,1H3,(H2,14,15,16). The fraction of sp³-hybridized carbons (Fsp3) is 0.900. The molecular weight excluding hydrogens is 267 g/mol. The van der Waals surface area contributed by atoms with Gasteiger partial charge in [0.2, 0.25) is 0 Å². The Hall–Kier alpha value is -0.630. The molecule has 1 aliphatic heterocycles. The second-order valence-corrected chi connectivity index (χ2v) is 5.43. The lowest BCUT2D eigenvalue weighted by Gasteiger charge is -2.18. The van der Waals surface area contributed by atoms with Crippen molar-refractivity contribution in [1.29, 1.82) is 0 Å². The van der Waals surface area contributed by atoms with Crippen LogP contribution in [0.25, 0.3) is 0 Å². The number of nitrogens with zero attached hydrogens (tertiary/aromatic N) is 1. The lowest BCUT2D eigenvalue weighted by atomic mass is 10.2. The van der Waals surface area contributed by atoms with E-state index in [9.17, 15) is 13.2 Å². The van der Waals surface area contributed by atoms with Crippen LogP contribution in [0.3, 0.4) is 0 Å². The van der Waals surface area contributed by atoms with Crippen LogP contribution in [-0.4, -0.2) is 54.5 Å². The SMILES string of the molecule is CN=C(NCC1CCCS1)NCC(O)C(F)(F)F. The second kappa shape index (κ2) is 7.08. The Labute approximate surface area is 108 Å². The molecule has 4 nitrogen and oxygen atoms in total. The van der Waals surface area contributed by atoms with Crippen molar-refractivity contribution in [2.75, 3.05) is 25.9 Å². The Morgan fingerprint density at radius 1 is 1.50 bits per heavy atom. The van der Waals surface area contributed by atoms with Gasteiger partial charge >= 0.3 is 6.18 Å². The topological polar surface area (TPSA) is 56.7 Å². The first-order valence-electron chi connectivity index (χ1n) is 5.74. The van der Waals surface area contributed by atoms with Crippen LogP contribution in [0.2, 0.25) is 0 Å². The van der Waals surface area contributed by atoms with E-state index in [1.807, 2.05) is 11.8 Å². The molecule has 1 fully saturated rings. The predicted molar refractivity (Wildman–Crippen MR) is 66.9 cm³/mol. The third-order valence-electron chi connectivity index (χ3n) is 2.59. The van der Waals surface area contributed by atoms with E-state index >= 15 is 0 Å². The van der Waals surface area contributed by atoms with Crippen LogP contribution in [0.1, 0.15) is 12.8 Å². The van der Waals surface area contributed by atoms with Gasteiger partial charge < -0.3 is 15.7 Å². The molecule has 0 aromatic carbocycles. The maximum atomic E-state index is 12.1. The van der Waals surface area contributed by atoms with Crippen LogP contribution in [0.15, 0.2) is 4.99 Å². The van der Waals surface area contributed by atoms with Gasteiger partial charge in [-0.05, 0) is 18.6 Å². The number of guanidine groups is 1. The number of aliphatic hydroxyl groups excluding tert-OH is 1. The molecule has 0 aromatic heterocycles. The number of halogens is 3. The zero-order valence-electron chi connectivity index (χ0n) is 10.1. The third-order valence-corrected chi connectivity index (χ3v) is 3.98. The highest BCUT2D eigenvalue weighted by molar-refractivity contribution is 8.00. The highest BCUT2D eigenvalue weighted by Crippen LogP contribution is 2.25. The molecule has 0 amide bonds. The molecule has 1 heterocycles. The summed E-state index contributed by atoms with van der Waals surface area (Å²) in [6, 6.07) is 0. The van der Waals surface area contributed by atoms with Crippen molar-refractivity contribution >= 4 is 17.7 Å². The lowest BCUT2D eigenvalue weighted by Crippen LogP contribution is -2.46. The summed E-state index contributed by atoms with van der Waals surface area (Å²) < 4.78 is 36.2. The molecule has 8 heteroatoms. The molecule has 0 aliphatic carbocycles. The molecular formula is C10H18F3N3OS. The molecule has 18 heavy (non-hydrogen) atoms. The molecule has 106 valence electrons. The summed E-state index contributed by atoms with van der Waals surface area (Å²) in [6.07, 6.45) is -4.69. The molecule has 0 bridgehead atoms. The lowest BCUT2D eigenvalue weighted by molar-refractivity contribution is -0.201. The largest absolute Gasteiger partial charge is 0.416 e. The summed E-state index contributed by atoms with van der Waals surface area (Å²) in [5.41, 5.74) is 0. The van der Waals surface area contributed by atoms with Gasteiger partial charge in [-0.1, -0.05) is 0 Å². The van der Waals surface area contributed by atoms with E-state index in [2.05, 4.69) is 15.6 Å². The number of aliphatic hydroxyl groups is 1. The van der Waals surface area contributed by atoms with Gasteiger partial charge in [-0.2, -0.15) is 24.9 Å². The van der Waals surface area contributed by atoms with E-state index in [1.165, 1.54) is 13.5 Å². The number of aliphatic imine (C=N–C) groups is 1. The van der Waals surface area contributed by atoms with Crippen LogP contribution in [-0.2, 0) is 0 Å². The van der Waals surface area contributed by atoms with E-state index < -0.39 is 18.8 Å². The Morgan fingerprint density at radius 2 is 2.22 bits per heavy atom. The summed E-state index contributed by atoms with van der Waals surface area (Å²) in [5.74, 6) is 1.41. The van der Waals surface area contributed by atoms with Crippen molar-refractivity contribution in [2.24, 2.45) is 4.99 Å². The number of hydrogen-bond acceptors (Lipinski definition) is 3. The zero-order chi connectivity index (χ0) is 13.6. The minimum Gasteiger partial charge on any atom is -0.382 e. The molecule has 3 N–H and O–H groups in total. The van der Waals surface area contributed by atoms with Gasteiger partial charge in [-0.25, -0.2) is 0 Å². The van der Waals surface area contributed by atoms with Crippen LogP contribution in [0.4, 0.5) is 13.2 Å². The van der Waals surface area contributed by atoms with Gasteiger partial charge in [0, 0.05) is 18.8 Å². The van der Waals surface area contributed by atoms with E-state index in [0.29, 0.717) is 11.8 Å². The maximum Gasteiger partial charge on any atom is 0.416 e. The summed E-state index contributed by atoms with van der Waals surface area (Å²) in [5, 5.41) is 14.7. The molecule has 0 saturated carbocycles. The van der Waals surface area contributed by atoms with Crippen LogP contribution in [0.5, 0.6) is 0 Å².